The van der Waals surface area contributed by atoms with Crippen LogP contribution in [0.1, 0.15) is 26.7 Å². The molecule has 0 fully saturated rings. The molecule has 158 valence electrons. The molecule has 0 bridgehead atoms. The van der Waals surface area contributed by atoms with Crippen LogP contribution in [0.2, 0.25) is 0 Å². The zero-order valence-electron chi connectivity index (χ0n) is 16.8. The van der Waals surface area contributed by atoms with Crippen molar-refractivity contribution in [1.29, 1.82) is 0 Å². The average Bonchev–Trinajstić information content (AvgIpc) is 2.73. The smallest absolute Gasteiger partial charge is 0.506 e. The summed E-state index contributed by atoms with van der Waals surface area (Å²) in [6.07, 6.45) is 1.65. The maximum Gasteiger partial charge on any atom is 0.506 e. The molecule has 1 aliphatic heterocycles. The summed E-state index contributed by atoms with van der Waals surface area (Å²) in [5.41, 5.74) is 1.96. The first-order valence-electron chi connectivity index (χ1n) is 9.85. The lowest BCUT2D eigenvalue weighted by Gasteiger charge is -2.38. The lowest BCUT2D eigenvalue weighted by atomic mass is 9.42. The van der Waals surface area contributed by atoms with Gasteiger partial charge in [0, 0.05) is 0 Å². The minimum atomic E-state index is -2.05. The summed E-state index contributed by atoms with van der Waals surface area (Å²) in [5, 5.41) is 0. The largest absolute Gasteiger partial charge is 0.654 e. The molecule has 0 atom stereocenters. The number of esters is 1. The zero-order valence-corrected chi connectivity index (χ0v) is 19.1. The van der Waals surface area contributed by atoms with E-state index in [-0.39, 0.29) is 17.9 Å². The van der Waals surface area contributed by atoms with Crippen LogP contribution in [0.5, 0.6) is 0 Å². The highest BCUT2D eigenvalue weighted by Crippen LogP contribution is 2.32. The number of carbonyl (C=O) groups excluding carboxylic acids is 1. The quantitative estimate of drug-likeness (QED) is 0.308. The monoisotopic (exact) mass is 465 g/mol. The van der Waals surface area contributed by atoms with Crippen molar-refractivity contribution in [2.24, 2.45) is 0 Å². The first kappa shape index (κ1) is 22.7. The molecule has 0 radical (unpaired) electrons. The van der Waals surface area contributed by atoms with E-state index in [1.807, 2.05) is 67.6 Å². The normalized spacial score (nSPS) is 16.0. The van der Waals surface area contributed by atoms with Gasteiger partial charge in [0.2, 0.25) is 0 Å². The van der Waals surface area contributed by atoms with Crippen LogP contribution in [0, 0.1) is 0 Å². The Morgan fingerprint density at radius 3 is 2.03 bits per heavy atom. The van der Waals surface area contributed by atoms with Crippen molar-refractivity contribution < 1.29 is 19.1 Å². The van der Waals surface area contributed by atoms with Crippen LogP contribution < -0.4 is 15.8 Å². The molecule has 0 saturated carbocycles. The Balaban J connectivity index is 2.18. The third-order valence-corrected chi connectivity index (χ3v) is 5.63. The second-order valence-electron chi connectivity index (χ2n) is 7.16. The molecule has 3 rings (SSSR count). The second kappa shape index (κ2) is 9.46. The summed E-state index contributed by atoms with van der Waals surface area (Å²) in [5.74, 6) is -0.246. The molecule has 2 aromatic carbocycles. The topological polar surface area (TPSA) is 49.5 Å². The number of ether oxygens (including phenoxy) is 1. The number of allylic oxidation sites excluding steroid dienone is 1. The minimum Gasteiger partial charge on any atom is -0.654 e. The van der Waals surface area contributed by atoms with Crippen LogP contribution in [0.3, 0.4) is 0 Å². The summed E-state index contributed by atoms with van der Waals surface area (Å²) in [4.78, 5) is 16.1. The molecule has 1 heterocycles. The van der Waals surface area contributed by atoms with Crippen molar-refractivity contribution in [2.45, 2.75) is 30.5 Å². The lowest BCUT2D eigenvalue weighted by molar-refractivity contribution is -0.324. The van der Waals surface area contributed by atoms with Crippen molar-refractivity contribution in [3.05, 3.63) is 72.0 Å². The Morgan fingerprint density at radius 1 is 1.03 bits per heavy atom. The number of benzene rings is 2. The fraction of sp³-hybridized carbons (Fsp3) is 0.273. The SMILES string of the molecule is CCCCOC(=O)C1=C(C)O[B-](c2ccccc2)(c2ccccc2)[NH+]=C1C(Cl)(Cl)Cl. The van der Waals surface area contributed by atoms with Gasteiger partial charge in [0.25, 0.3) is 3.79 Å². The molecule has 1 N–H and O–H groups in total. The van der Waals surface area contributed by atoms with Crippen molar-refractivity contribution >= 4 is 63.9 Å². The fourth-order valence-electron chi connectivity index (χ4n) is 3.60. The van der Waals surface area contributed by atoms with Gasteiger partial charge in [-0.3, -0.25) is 0 Å². The first-order valence-corrected chi connectivity index (χ1v) is 11.0. The van der Waals surface area contributed by atoms with Crippen LogP contribution >= 0.6 is 34.8 Å². The molecule has 0 amide bonds. The Kier molecular flexibility index (Phi) is 7.17. The molecule has 8 heteroatoms. The van der Waals surface area contributed by atoms with Gasteiger partial charge < -0.3 is 14.3 Å². The Hall–Kier alpha value is -1.95. The van der Waals surface area contributed by atoms with Crippen molar-refractivity contribution in [2.75, 3.05) is 6.61 Å². The highest BCUT2D eigenvalue weighted by atomic mass is 35.6. The summed E-state index contributed by atoms with van der Waals surface area (Å²) in [6, 6.07) is 19.2. The van der Waals surface area contributed by atoms with Crippen LogP contribution in [0.4, 0.5) is 0 Å². The van der Waals surface area contributed by atoms with Gasteiger partial charge in [-0.05, 0) is 13.3 Å². The predicted molar refractivity (Wildman–Crippen MR) is 124 cm³/mol. The molecule has 0 unspecified atom stereocenters. The third-order valence-electron chi connectivity index (χ3n) is 5.06. The number of hydrogen-bond donors (Lipinski definition) is 1. The van der Waals surface area contributed by atoms with Gasteiger partial charge in [-0.2, -0.15) is 0 Å². The lowest BCUT2D eigenvalue weighted by Crippen LogP contribution is -3.03. The molecule has 2 aromatic rings. The standard InChI is InChI=1S/C22H23BCl3NO3/c1-3-4-15-29-21(28)19-16(2)30-23(17-11-7-5-8-12-17,18-13-9-6-10-14-18)27-20(19)22(24,25)26/h5-14,27H,3-4,15H2,1-2H3. The molecule has 0 saturated heterocycles. The van der Waals surface area contributed by atoms with E-state index in [9.17, 15) is 4.79 Å². The highest BCUT2D eigenvalue weighted by molar-refractivity contribution is 6.92. The van der Waals surface area contributed by atoms with E-state index in [1.54, 1.807) is 6.92 Å². The number of halogens is 3. The van der Waals surface area contributed by atoms with E-state index in [0.717, 1.165) is 23.8 Å². The molecule has 1 aliphatic rings. The van der Waals surface area contributed by atoms with Gasteiger partial charge in [-0.15, -0.1) is 0 Å². The van der Waals surface area contributed by atoms with Gasteiger partial charge in [-0.1, -0.05) is 120 Å². The number of alkyl halides is 3. The van der Waals surface area contributed by atoms with Crippen molar-refractivity contribution in [1.82, 2.24) is 0 Å². The molecule has 30 heavy (non-hydrogen) atoms. The van der Waals surface area contributed by atoms with Gasteiger partial charge in [0.05, 0.1) is 12.4 Å². The third kappa shape index (κ3) is 4.69. The molecule has 0 spiro atoms. The first-order chi connectivity index (χ1) is 14.3. The molecule has 4 nitrogen and oxygen atoms in total. The van der Waals surface area contributed by atoms with Crippen LogP contribution in [-0.2, 0) is 14.2 Å². The number of carbonyl (C=O) groups is 1. The van der Waals surface area contributed by atoms with Crippen LogP contribution in [0.25, 0.3) is 0 Å². The van der Waals surface area contributed by atoms with E-state index in [0.29, 0.717) is 5.76 Å². The fourth-order valence-corrected chi connectivity index (χ4v) is 4.05. The Morgan fingerprint density at radius 2 is 1.57 bits per heavy atom. The summed E-state index contributed by atoms with van der Waals surface area (Å²) < 4.78 is 9.95. The number of nitrogens with one attached hydrogen (secondary N) is 1. The highest BCUT2D eigenvalue weighted by Gasteiger charge is 2.51. The number of rotatable bonds is 6. The van der Waals surface area contributed by atoms with Gasteiger partial charge in [0.1, 0.15) is 0 Å². The van der Waals surface area contributed by atoms with Crippen molar-refractivity contribution in [3.8, 4) is 0 Å². The van der Waals surface area contributed by atoms with Crippen molar-refractivity contribution in [3.63, 3.8) is 0 Å². The maximum atomic E-state index is 12.8. The molecule has 0 aliphatic carbocycles. The van der Waals surface area contributed by atoms with E-state index in [1.165, 1.54) is 0 Å². The van der Waals surface area contributed by atoms with Crippen LogP contribution in [0.15, 0.2) is 72.0 Å². The van der Waals surface area contributed by atoms with E-state index < -0.39 is 16.2 Å². The summed E-state index contributed by atoms with van der Waals surface area (Å²) in [6.45, 7) is 1.94. The second-order valence-corrected chi connectivity index (χ2v) is 9.44. The average molecular weight is 467 g/mol. The van der Waals surface area contributed by atoms with Crippen LogP contribution in [-0.4, -0.2) is 28.6 Å². The molecular weight excluding hydrogens is 443 g/mol. The minimum absolute atomic E-state index is 0.107. The van der Waals surface area contributed by atoms with E-state index in [4.69, 9.17) is 44.2 Å². The zero-order chi connectivity index (χ0) is 21.8. The van der Waals surface area contributed by atoms with Gasteiger partial charge in [0.15, 0.2) is 11.3 Å². The summed E-state index contributed by atoms with van der Waals surface area (Å²) in [7, 11) is 0. The number of hydrogen-bond acceptors (Lipinski definition) is 3. The maximum absolute atomic E-state index is 12.8. The summed E-state index contributed by atoms with van der Waals surface area (Å²) >= 11 is 19.0. The van der Waals surface area contributed by atoms with Gasteiger partial charge in [-0.25, -0.2) is 4.79 Å². The molecular formula is C22H23BCl3NO3. The number of unbranched alkanes of at least 4 members (excludes halogenated alkanes) is 1. The Labute approximate surface area is 191 Å². The predicted octanol–water partition coefficient (Wildman–Crippen LogP) is 2.78. The molecule has 0 aromatic heterocycles. The Bertz CT molecular complexity index is 917. The van der Waals surface area contributed by atoms with E-state index in [2.05, 4.69) is 4.90 Å². The van der Waals surface area contributed by atoms with Gasteiger partial charge >= 0.3 is 12.5 Å². The van der Waals surface area contributed by atoms with E-state index >= 15 is 0 Å².